The smallest absolute Gasteiger partial charge is 0.387 e. The van der Waals surface area contributed by atoms with Gasteiger partial charge in [0.15, 0.2) is 0 Å². The Kier molecular flexibility index (Phi) is 7.68. The van der Waals surface area contributed by atoms with Crippen molar-refractivity contribution in [2.24, 2.45) is 0 Å². The number of rotatable bonds is 9. The predicted molar refractivity (Wildman–Crippen MR) is 114 cm³/mol. The van der Waals surface area contributed by atoms with Gasteiger partial charge in [-0.05, 0) is 48.7 Å². The maximum absolute atomic E-state index is 12.9. The quantitative estimate of drug-likeness (QED) is 0.605. The third-order valence-corrected chi connectivity index (χ3v) is 6.83. The lowest BCUT2D eigenvalue weighted by molar-refractivity contribution is -0.0498. The number of methoxy groups -OCH3 is 1. The number of halogens is 2. The minimum atomic E-state index is -3.86. The van der Waals surface area contributed by atoms with Crippen LogP contribution in [0.2, 0.25) is 0 Å². The molecular weight excluding hydrogens is 442 g/mol. The van der Waals surface area contributed by atoms with Crippen LogP contribution < -0.4 is 14.2 Å². The van der Waals surface area contributed by atoms with Gasteiger partial charge in [-0.1, -0.05) is 25.0 Å². The van der Waals surface area contributed by atoms with Crippen LogP contribution in [0, 0.1) is 0 Å². The highest BCUT2D eigenvalue weighted by atomic mass is 32.2. The molecular formula is C22H26F2N2O5S. The molecule has 0 atom stereocenters. The van der Waals surface area contributed by atoms with Gasteiger partial charge in [-0.15, -0.1) is 0 Å². The number of carbonyl (C=O) groups excluding carboxylic acids is 1. The lowest BCUT2D eigenvalue weighted by Crippen LogP contribution is -2.33. The fourth-order valence-corrected chi connectivity index (χ4v) is 5.19. The minimum absolute atomic E-state index is 0.0255. The third-order valence-electron chi connectivity index (χ3n) is 5.29. The summed E-state index contributed by atoms with van der Waals surface area (Å²) in [5, 5.41) is 0. The Bertz CT molecular complexity index is 1040. The van der Waals surface area contributed by atoms with Gasteiger partial charge in [-0.3, -0.25) is 4.79 Å². The fraction of sp³-hybridized carbons (Fsp3) is 0.409. The number of benzene rings is 2. The van der Waals surface area contributed by atoms with E-state index in [4.69, 9.17) is 4.74 Å². The Morgan fingerprint density at radius 2 is 1.81 bits per heavy atom. The number of alkyl halides is 2. The van der Waals surface area contributed by atoms with Crippen LogP contribution in [0.5, 0.6) is 11.5 Å². The Morgan fingerprint density at radius 3 is 2.41 bits per heavy atom. The second-order valence-electron chi connectivity index (χ2n) is 7.65. The van der Waals surface area contributed by atoms with Gasteiger partial charge in [0.2, 0.25) is 10.0 Å². The molecule has 0 aliphatic heterocycles. The first-order valence-corrected chi connectivity index (χ1v) is 11.7. The number of hydrogen-bond acceptors (Lipinski definition) is 5. The van der Waals surface area contributed by atoms with E-state index in [-0.39, 0.29) is 34.5 Å². The summed E-state index contributed by atoms with van der Waals surface area (Å²) in [5.74, 6) is -0.209. The van der Waals surface area contributed by atoms with E-state index < -0.39 is 22.5 Å². The van der Waals surface area contributed by atoms with E-state index in [1.54, 1.807) is 19.2 Å². The molecule has 1 N–H and O–H groups in total. The first kappa shape index (κ1) is 23.9. The molecule has 10 heteroatoms. The van der Waals surface area contributed by atoms with Gasteiger partial charge in [0.25, 0.3) is 5.91 Å². The van der Waals surface area contributed by atoms with Crippen molar-refractivity contribution in [1.29, 1.82) is 0 Å². The summed E-state index contributed by atoms with van der Waals surface area (Å²) in [6, 6.07) is 10.1. The van der Waals surface area contributed by atoms with Crippen molar-refractivity contribution in [3.05, 3.63) is 53.6 Å². The molecule has 0 bridgehead atoms. The molecule has 0 aromatic heterocycles. The van der Waals surface area contributed by atoms with Gasteiger partial charge in [0, 0.05) is 25.2 Å². The average molecular weight is 469 g/mol. The lowest BCUT2D eigenvalue weighted by atomic mass is 10.1. The highest BCUT2D eigenvalue weighted by Gasteiger charge is 2.27. The van der Waals surface area contributed by atoms with Crippen LogP contribution in [0.3, 0.4) is 0 Å². The van der Waals surface area contributed by atoms with Crippen LogP contribution in [-0.4, -0.2) is 46.0 Å². The van der Waals surface area contributed by atoms with Crippen LogP contribution >= 0.6 is 0 Å². The van der Waals surface area contributed by atoms with Crippen LogP contribution in [0.25, 0.3) is 0 Å². The number of ether oxygens (including phenoxy) is 2. The molecule has 1 aliphatic carbocycles. The van der Waals surface area contributed by atoms with Crippen molar-refractivity contribution >= 4 is 15.9 Å². The van der Waals surface area contributed by atoms with Crippen molar-refractivity contribution in [3.8, 4) is 11.5 Å². The van der Waals surface area contributed by atoms with Gasteiger partial charge in [-0.25, -0.2) is 13.1 Å². The van der Waals surface area contributed by atoms with Crippen LogP contribution in [0.1, 0.15) is 41.6 Å². The van der Waals surface area contributed by atoms with Crippen LogP contribution in [0.4, 0.5) is 8.78 Å². The Hall–Kier alpha value is -2.72. The van der Waals surface area contributed by atoms with E-state index in [0.29, 0.717) is 5.56 Å². The van der Waals surface area contributed by atoms with Gasteiger partial charge in [0.1, 0.15) is 16.4 Å². The molecule has 1 fully saturated rings. The summed E-state index contributed by atoms with van der Waals surface area (Å²) in [4.78, 5) is 14.3. The van der Waals surface area contributed by atoms with E-state index in [1.807, 2.05) is 0 Å². The molecule has 0 heterocycles. The maximum atomic E-state index is 12.9. The molecule has 1 saturated carbocycles. The van der Waals surface area contributed by atoms with Gasteiger partial charge < -0.3 is 14.4 Å². The molecule has 32 heavy (non-hydrogen) atoms. The molecule has 0 unspecified atom stereocenters. The predicted octanol–water partition coefficient (Wildman–Crippen LogP) is 3.79. The van der Waals surface area contributed by atoms with Crippen molar-refractivity contribution in [1.82, 2.24) is 9.62 Å². The largest absolute Gasteiger partial charge is 0.495 e. The van der Waals surface area contributed by atoms with Crippen LogP contribution in [0.15, 0.2) is 47.4 Å². The first-order chi connectivity index (χ1) is 15.2. The number of hydrogen-bond donors (Lipinski definition) is 1. The lowest BCUT2D eigenvalue weighted by Gasteiger charge is -2.19. The minimum Gasteiger partial charge on any atom is -0.495 e. The van der Waals surface area contributed by atoms with Crippen molar-refractivity contribution in [2.75, 3.05) is 14.2 Å². The highest BCUT2D eigenvalue weighted by molar-refractivity contribution is 7.89. The summed E-state index contributed by atoms with van der Waals surface area (Å²) >= 11 is 0. The molecule has 3 rings (SSSR count). The molecule has 0 spiro atoms. The topological polar surface area (TPSA) is 84.9 Å². The van der Waals surface area contributed by atoms with E-state index in [0.717, 1.165) is 25.7 Å². The maximum Gasteiger partial charge on any atom is 0.387 e. The molecule has 2 aromatic rings. The summed E-state index contributed by atoms with van der Waals surface area (Å²) in [6.07, 6.45) is 3.51. The molecule has 0 saturated heterocycles. The van der Waals surface area contributed by atoms with Crippen molar-refractivity contribution in [2.45, 2.75) is 49.8 Å². The normalized spacial score (nSPS) is 14.5. The zero-order chi connectivity index (χ0) is 23.3. The second-order valence-corrected chi connectivity index (χ2v) is 9.33. The summed E-state index contributed by atoms with van der Waals surface area (Å²) < 4.78 is 62.7. The van der Waals surface area contributed by atoms with Crippen molar-refractivity contribution < 1.29 is 31.5 Å². The number of nitrogens with zero attached hydrogens (tertiary/aromatic N) is 1. The zero-order valence-corrected chi connectivity index (χ0v) is 18.7. The van der Waals surface area contributed by atoms with E-state index >= 15 is 0 Å². The van der Waals surface area contributed by atoms with E-state index in [2.05, 4.69) is 9.46 Å². The second kappa shape index (κ2) is 10.3. The molecule has 1 aliphatic rings. The monoisotopic (exact) mass is 468 g/mol. The Labute approximate surface area is 186 Å². The number of amides is 1. The molecule has 2 aromatic carbocycles. The van der Waals surface area contributed by atoms with Gasteiger partial charge in [-0.2, -0.15) is 8.78 Å². The Balaban J connectivity index is 1.76. The molecule has 0 radical (unpaired) electrons. The molecule has 174 valence electrons. The SMILES string of the molecule is COc1ccc(C(=O)N(C)Cc2ccc(OC(F)F)cc2)cc1S(=O)(=O)NC1CCCC1. The van der Waals surface area contributed by atoms with Gasteiger partial charge in [0.05, 0.1) is 7.11 Å². The molecule has 7 nitrogen and oxygen atoms in total. The van der Waals surface area contributed by atoms with Crippen LogP contribution in [-0.2, 0) is 16.6 Å². The van der Waals surface area contributed by atoms with E-state index in [9.17, 15) is 22.0 Å². The van der Waals surface area contributed by atoms with E-state index in [1.165, 1.54) is 42.3 Å². The number of nitrogens with one attached hydrogen (secondary N) is 1. The summed E-state index contributed by atoms with van der Waals surface area (Å²) in [7, 11) is -0.918. The zero-order valence-electron chi connectivity index (χ0n) is 17.9. The Morgan fingerprint density at radius 1 is 1.16 bits per heavy atom. The number of sulfonamides is 1. The fourth-order valence-electron chi connectivity index (χ4n) is 3.69. The number of carbonyl (C=O) groups is 1. The van der Waals surface area contributed by atoms with Crippen molar-refractivity contribution in [3.63, 3.8) is 0 Å². The third kappa shape index (κ3) is 5.95. The molecule has 1 amide bonds. The first-order valence-electron chi connectivity index (χ1n) is 10.2. The summed E-state index contributed by atoms with van der Waals surface area (Å²) in [5.41, 5.74) is 0.893. The summed E-state index contributed by atoms with van der Waals surface area (Å²) in [6.45, 7) is -2.71. The standard InChI is InChI=1S/C22H26F2N2O5S/c1-26(14-15-7-10-18(11-8-15)31-22(23)24)21(27)16-9-12-19(30-2)20(13-16)32(28,29)25-17-5-3-4-6-17/h7-13,17,22,25H,3-6,14H2,1-2H3. The average Bonchev–Trinajstić information content (AvgIpc) is 3.26. The highest BCUT2D eigenvalue weighted by Crippen LogP contribution is 2.28. The van der Waals surface area contributed by atoms with Gasteiger partial charge >= 0.3 is 6.61 Å².